The molecule has 134 valence electrons. The molecule has 0 unspecified atom stereocenters. The number of thiophene rings is 1. The topological polar surface area (TPSA) is 75.9 Å². The lowest BCUT2D eigenvalue weighted by Gasteiger charge is -2.32. The Labute approximate surface area is 153 Å². The Kier molecular flexibility index (Phi) is 4.37. The van der Waals surface area contributed by atoms with Crippen molar-refractivity contribution in [3.05, 3.63) is 58.3 Å². The van der Waals surface area contributed by atoms with E-state index >= 15 is 0 Å². The van der Waals surface area contributed by atoms with Crippen LogP contribution in [0.15, 0.2) is 36.2 Å². The van der Waals surface area contributed by atoms with Crippen LogP contribution in [0.5, 0.6) is 0 Å². The van der Waals surface area contributed by atoms with E-state index in [-0.39, 0.29) is 5.91 Å². The number of fused-ring (bicyclic) bond motifs is 1. The maximum Gasteiger partial charge on any atom is 0.231 e. The standard InChI is InChI=1S/C17H17FN6OS/c1-23-10-22-14-9-24(17-20-5-11(18)6-21-17)8-13(15(14)23)16(25)19-7-12-3-2-4-26-12/h2-6,10,13H,7-9H2,1H3,(H,19,25)/t13-/m1/s1. The third-order valence-electron chi connectivity index (χ3n) is 4.36. The molecule has 0 fully saturated rings. The Morgan fingerprint density at radius 3 is 2.92 bits per heavy atom. The smallest absolute Gasteiger partial charge is 0.231 e. The summed E-state index contributed by atoms with van der Waals surface area (Å²) in [5.41, 5.74) is 1.70. The summed E-state index contributed by atoms with van der Waals surface area (Å²) in [6.45, 7) is 1.39. The van der Waals surface area contributed by atoms with Crippen LogP contribution in [0.25, 0.3) is 0 Å². The molecule has 0 saturated carbocycles. The number of nitrogens with one attached hydrogen (secondary N) is 1. The zero-order valence-electron chi connectivity index (χ0n) is 14.1. The second kappa shape index (κ2) is 6.83. The Hall–Kier alpha value is -2.81. The van der Waals surface area contributed by atoms with Gasteiger partial charge in [-0.15, -0.1) is 11.3 Å². The number of halogens is 1. The van der Waals surface area contributed by atoms with Gasteiger partial charge in [-0.1, -0.05) is 6.07 Å². The summed E-state index contributed by atoms with van der Waals surface area (Å²) >= 11 is 1.60. The molecule has 3 aromatic heterocycles. The highest BCUT2D eigenvalue weighted by atomic mass is 32.1. The maximum absolute atomic E-state index is 13.1. The second-order valence-electron chi connectivity index (χ2n) is 6.12. The van der Waals surface area contributed by atoms with Gasteiger partial charge in [0.1, 0.15) is 0 Å². The molecule has 1 aliphatic heterocycles. The Morgan fingerprint density at radius 2 is 2.19 bits per heavy atom. The number of hydrogen-bond acceptors (Lipinski definition) is 6. The summed E-state index contributed by atoms with van der Waals surface area (Å²) < 4.78 is 15.0. The molecule has 0 saturated heterocycles. The van der Waals surface area contributed by atoms with Crippen molar-refractivity contribution >= 4 is 23.2 Å². The van der Waals surface area contributed by atoms with Crippen LogP contribution >= 0.6 is 11.3 Å². The van der Waals surface area contributed by atoms with Gasteiger partial charge >= 0.3 is 0 Å². The average Bonchev–Trinajstić information content (AvgIpc) is 3.30. The van der Waals surface area contributed by atoms with Crippen molar-refractivity contribution in [1.82, 2.24) is 24.8 Å². The summed E-state index contributed by atoms with van der Waals surface area (Å²) in [7, 11) is 1.88. The van der Waals surface area contributed by atoms with Crippen molar-refractivity contribution < 1.29 is 9.18 Å². The van der Waals surface area contributed by atoms with Crippen molar-refractivity contribution in [2.24, 2.45) is 7.05 Å². The molecule has 0 aromatic carbocycles. The van der Waals surface area contributed by atoms with E-state index in [9.17, 15) is 9.18 Å². The first-order chi connectivity index (χ1) is 12.6. The van der Waals surface area contributed by atoms with Gasteiger partial charge < -0.3 is 14.8 Å². The van der Waals surface area contributed by atoms with Gasteiger partial charge in [0.15, 0.2) is 5.82 Å². The number of rotatable bonds is 4. The highest BCUT2D eigenvalue weighted by Crippen LogP contribution is 2.29. The number of aromatic nitrogens is 4. The van der Waals surface area contributed by atoms with Crippen molar-refractivity contribution in [2.75, 3.05) is 11.4 Å². The molecular weight excluding hydrogens is 355 g/mol. The number of hydrogen-bond donors (Lipinski definition) is 1. The van der Waals surface area contributed by atoms with E-state index in [1.807, 2.05) is 34.0 Å². The fraction of sp³-hybridized carbons (Fsp3) is 0.294. The van der Waals surface area contributed by atoms with Gasteiger partial charge in [-0.25, -0.2) is 19.3 Å². The summed E-state index contributed by atoms with van der Waals surface area (Å²) in [6, 6.07) is 3.94. The quantitative estimate of drug-likeness (QED) is 0.756. The van der Waals surface area contributed by atoms with Crippen LogP contribution in [-0.4, -0.2) is 32.0 Å². The first kappa shape index (κ1) is 16.6. The molecule has 3 aromatic rings. The van der Waals surface area contributed by atoms with Crippen LogP contribution in [0.1, 0.15) is 22.2 Å². The van der Waals surface area contributed by atoms with Gasteiger partial charge in [0, 0.05) is 18.5 Å². The van der Waals surface area contributed by atoms with E-state index in [2.05, 4.69) is 20.3 Å². The van der Waals surface area contributed by atoms with Gasteiger partial charge in [0.2, 0.25) is 11.9 Å². The molecule has 9 heteroatoms. The van der Waals surface area contributed by atoms with Crippen LogP contribution in [-0.2, 0) is 24.9 Å². The number of nitrogens with zero attached hydrogens (tertiary/aromatic N) is 5. The molecule has 4 heterocycles. The monoisotopic (exact) mass is 372 g/mol. The molecule has 0 bridgehead atoms. The Morgan fingerprint density at radius 1 is 1.38 bits per heavy atom. The van der Waals surface area contributed by atoms with Crippen molar-refractivity contribution in [1.29, 1.82) is 0 Å². The highest BCUT2D eigenvalue weighted by Gasteiger charge is 2.34. The number of carbonyl (C=O) groups is 1. The second-order valence-corrected chi connectivity index (χ2v) is 7.15. The van der Waals surface area contributed by atoms with Gasteiger partial charge in [0.05, 0.1) is 49.1 Å². The lowest BCUT2D eigenvalue weighted by molar-refractivity contribution is -0.122. The molecule has 1 N–H and O–H groups in total. The molecule has 0 spiro atoms. The van der Waals surface area contributed by atoms with Crippen molar-refractivity contribution in [3.8, 4) is 0 Å². The summed E-state index contributed by atoms with van der Waals surface area (Å²) in [4.78, 5) is 28.3. The van der Waals surface area contributed by atoms with Crippen LogP contribution in [0.2, 0.25) is 0 Å². The van der Waals surface area contributed by atoms with Crippen LogP contribution in [0.3, 0.4) is 0 Å². The molecule has 1 aliphatic rings. The predicted molar refractivity (Wildman–Crippen MR) is 95.2 cm³/mol. The van der Waals surface area contributed by atoms with E-state index in [1.54, 1.807) is 17.7 Å². The van der Waals surface area contributed by atoms with E-state index in [0.717, 1.165) is 28.7 Å². The minimum Gasteiger partial charge on any atom is -0.351 e. The number of amides is 1. The van der Waals surface area contributed by atoms with E-state index in [4.69, 9.17) is 0 Å². The van der Waals surface area contributed by atoms with Crippen LogP contribution in [0, 0.1) is 5.82 Å². The third kappa shape index (κ3) is 3.17. The number of anilines is 1. The Bertz CT molecular complexity index is 908. The maximum atomic E-state index is 13.1. The lowest BCUT2D eigenvalue weighted by Crippen LogP contribution is -2.42. The molecule has 4 rings (SSSR count). The summed E-state index contributed by atoms with van der Waals surface area (Å²) in [5, 5.41) is 4.98. The average molecular weight is 372 g/mol. The largest absolute Gasteiger partial charge is 0.351 e. The number of imidazole rings is 1. The molecule has 26 heavy (non-hydrogen) atoms. The number of carbonyl (C=O) groups excluding carboxylic acids is 1. The van der Waals surface area contributed by atoms with Gasteiger partial charge in [-0.3, -0.25) is 4.79 Å². The summed E-state index contributed by atoms with van der Waals surface area (Å²) in [6.07, 6.45) is 3.96. The molecule has 7 nitrogen and oxygen atoms in total. The molecule has 1 amide bonds. The molecule has 0 radical (unpaired) electrons. The third-order valence-corrected chi connectivity index (χ3v) is 5.24. The summed E-state index contributed by atoms with van der Waals surface area (Å²) in [5.74, 6) is -0.580. The molecule has 1 atom stereocenters. The van der Waals surface area contributed by atoms with Crippen molar-refractivity contribution in [2.45, 2.75) is 19.0 Å². The van der Waals surface area contributed by atoms with Gasteiger partial charge in [-0.05, 0) is 11.4 Å². The predicted octanol–water partition coefficient (Wildman–Crippen LogP) is 1.83. The zero-order chi connectivity index (χ0) is 18.1. The van der Waals surface area contributed by atoms with Gasteiger partial charge in [0.25, 0.3) is 0 Å². The lowest BCUT2D eigenvalue weighted by atomic mass is 9.97. The normalized spacial score (nSPS) is 16.4. The van der Waals surface area contributed by atoms with E-state index < -0.39 is 11.7 Å². The molecule has 0 aliphatic carbocycles. The minimum atomic E-state index is -0.491. The number of aryl methyl sites for hydroxylation is 1. The van der Waals surface area contributed by atoms with Crippen LogP contribution in [0.4, 0.5) is 10.3 Å². The van der Waals surface area contributed by atoms with Crippen molar-refractivity contribution in [3.63, 3.8) is 0 Å². The van der Waals surface area contributed by atoms with Crippen LogP contribution < -0.4 is 10.2 Å². The van der Waals surface area contributed by atoms with Gasteiger partial charge in [-0.2, -0.15) is 0 Å². The molecular formula is C17H17FN6OS. The SMILES string of the molecule is Cn1cnc2c1[C@H](C(=O)NCc1cccs1)CN(c1ncc(F)cn1)C2. The first-order valence-electron chi connectivity index (χ1n) is 8.14. The Balaban J connectivity index is 1.58. The fourth-order valence-corrected chi connectivity index (χ4v) is 3.79. The van der Waals surface area contributed by atoms with E-state index in [0.29, 0.717) is 25.6 Å². The minimum absolute atomic E-state index is 0.0740. The first-order valence-corrected chi connectivity index (χ1v) is 9.02. The fourth-order valence-electron chi connectivity index (χ4n) is 3.15. The van der Waals surface area contributed by atoms with E-state index in [1.165, 1.54) is 0 Å². The highest BCUT2D eigenvalue weighted by molar-refractivity contribution is 7.09. The zero-order valence-corrected chi connectivity index (χ0v) is 14.9.